The lowest BCUT2D eigenvalue weighted by Crippen LogP contribution is -2.12. The van der Waals surface area contributed by atoms with E-state index in [2.05, 4.69) is 11.3 Å². The summed E-state index contributed by atoms with van der Waals surface area (Å²) in [6.07, 6.45) is 5.34. The van der Waals surface area contributed by atoms with Crippen LogP contribution in [0, 0.1) is 11.2 Å². The van der Waals surface area contributed by atoms with Crippen LogP contribution in [0.15, 0.2) is 42.0 Å². The van der Waals surface area contributed by atoms with Crippen molar-refractivity contribution in [2.75, 3.05) is 11.0 Å². The Hall–Kier alpha value is -1.92. The minimum atomic E-state index is -3.64. The largest absolute Gasteiger partial charge is 0.309 e. The summed E-state index contributed by atoms with van der Waals surface area (Å²) in [6.45, 7) is 7.41. The van der Waals surface area contributed by atoms with E-state index in [9.17, 15) is 12.8 Å². The van der Waals surface area contributed by atoms with Crippen LogP contribution >= 0.6 is 11.6 Å². The van der Waals surface area contributed by atoms with E-state index in [1.54, 1.807) is 26.0 Å². The van der Waals surface area contributed by atoms with Gasteiger partial charge >= 0.3 is 0 Å². The smallest absolute Gasteiger partial charge is 0.229 e. The van der Waals surface area contributed by atoms with E-state index in [0.29, 0.717) is 11.1 Å². The molecule has 1 rings (SSSR count). The van der Waals surface area contributed by atoms with Crippen LogP contribution in [0.25, 0.3) is 5.57 Å². The van der Waals surface area contributed by atoms with E-state index in [1.165, 1.54) is 12.1 Å². The second-order valence-corrected chi connectivity index (χ2v) is 7.07. The molecule has 1 aromatic rings. The number of benzene rings is 1. The summed E-state index contributed by atoms with van der Waals surface area (Å²) in [5.41, 5.74) is 1.57. The van der Waals surface area contributed by atoms with Crippen LogP contribution in [0.5, 0.6) is 0 Å². The highest BCUT2D eigenvalue weighted by Gasteiger charge is 2.17. The Labute approximate surface area is 140 Å². The van der Waals surface area contributed by atoms with Gasteiger partial charge in [-0.05, 0) is 48.8 Å². The topological polar surface area (TPSA) is 70.0 Å². The summed E-state index contributed by atoms with van der Waals surface area (Å²) >= 11 is 5.97. The highest BCUT2D eigenvalue weighted by Crippen LogP contribution is 2.34. The third-order valence-corrected chi connectivity index (χ3v) is 3.84. The first-order valence-corrected chi connectivity index (χ1v) is 8.88. The van der Waals surface area contributed by atoms with Gasteiger partial charge in [-0.25, -0.2) is 12.8 Å². The van der Waals surface area contributed by atoms with E-state index in [1.807, 2.05) is 0 Å². The molecule has 0 atom stereocenters. The van der Waals surface area contributed by atoms with Crippen LogP contribution in [0.3, 0.4) is 0 Å². The number of anilines is 1. The fraction of sp³-hybridized carbons (Fsp3) is 0.188. The second-order valence-electron chi connectivity index (χ2n) is 4.89. The van der Waals surface area contributed by atoms with Crippen LogP contribution in [0.1, 0.15) is 19.4 Å². The van der Waals surface area contributed by atoms with Gasteiger partial charge in [0.25, 0.3) is 0 Å². The molecule has 23 heavy (non-hydrogen) atoms. The van der Waals surface area contributed by atoms with Crippen molar-refractivity contribution < 1.29 is 12.8 Å². The van der Waals surface area contributed by atoms with Gasteiger partial charge in [0.1, 0.15) is 0 Å². The number of allylic oxidation sites excluding steroid dienone is 5. The Kier molecular flexibility index (Phi) is 6.29. The number of rotatable bonds is 6. The first kappa shape index (κ1) is 19.1. The molecule has 0 radical (unpaired) electrons. The molecule has 124 valence electrons. The molecule has 0 aliphatic rings. The lowest BCUT2D eigenvalue weighted by Gasteiger charge is -2.15. The van der Waals surface area contributed by atoms with Crippen molar-refractivity contribution in [2.45, 2.75) is 13.8 Å². The zero-order valence-corrected chi connectivity index (χ0v) is 14.6. The van der Waals surface area contributed by atoms with Crippen molar-refractivity contribution >= 4 is 39.1 Å². The van der Waals surface area contributed by atoms with Gasteiger partial charge in [0, 0.05) is 16.8 Å². The summed E-state index contributed by atoms with van der Waals surface area (Å²) in [4.78, 5) is 0. The maximum Gasteiger partial charge on any atom is 0.229 e. The molecule has 0 spiro atoms. The Bertz CT molecular complexity index is 812. The Morgan fingerprint density at radius 2 is 2.04 bits per heavy atom. The van der Waals surface area contributed by atoms with Crippen LogP contribution in [0.2, 0.25) is 5.02 Å². The van der Waals surface area contributed by atoms with Crippen LogP contribution < -0.4 is 4.72 Å². The van der Waals surface area contributed by atoms with Gasteiger partial charge in [-0.15, -0.1) is 0 Å². The highest BCUT2D eigenvalue weighted by atomic mass is 35.5. The molecule has 0 saturated heterocycles. The zero-order chi connectivity index (χ0) is 17.8. The number of sulfonamides is 1. The van der Waals surface area contributed by atoms with E-state index < -0.39 is 15.8 Å². The second kappa shape index (κ2) is 7.57. The SMILES string of the molecule is C=C(C(=CC)C(C)=CC=N)c1cc(Cl)cc(NS(C)(=O)=O)c1F. The fourth-order valence-corrected chi connectivity index (χ4v) is 2.85. The van der Waals surface area contributed by atoms with Gasteiger partial charge in [0.2, 0.25) is 10.0 Å². The molecule has 0 bridgehead atoms. The molecular formula is C16H18ClFN2O2S. The molecule has 0 heterocycles. The van der Waals surface area contributed by atoms with Gasteiger partial charge in [-0.3, -0.25) is 4.72 Å². The van der Waals surface area contributed by atoms with Crippen molar-refractivity contribution in [1.29, 1.82) is 5.41 Å². The van der Waals surface area contributed by atoms with E-state index in [0.717, 1.165) is 18.0 Å². The monoisotopic (exact) mass is 356 g/mol. The fourth-order valence-electron chi connectivity index (χ4n) is 2.08. The molecule has 7 heteroatoms. The highest BCUT2D eigenvalue weighted by molar-refractivity contribution is 7.92. The summed E-state index contributed by atoms with van der Waals surface area (Å²) in [5, 5.41) is 7.30. The third kappa shape index (κ3) is 5.04. The molecule has 0 fully saturated rings. The molecule has 0 aliphatic heterocycles. The molecule has 2 N–H and O–H groups in total. The third-order valence-electron chi connectivity index (χ3n) is 3.03. The lowest BCUT2D eigenvalue weighted by molar-refractivity contribution is 0.603. The molecule has 0 saturated carbocycles. The van der Waals surface area contributed by atoms with Crippen LogP contribution in [-0.4, -0.2) is 20.9 Å². The quantitative estimate of drug-likeness (QED) is 0.585. The first-order valence-electron chi connectivity index (χ1n) is 6.61. The van der Waals surface area contributed by atoms with Crippen LogP contribution in [0.4, 0.5) is 10.1 Å². The predicted octanol–water partition coefficient (Wildman–Crippen LogP) is 4.41. The molecule has 0 aliphatic carbocycles. The number of halogens is 2. The van der Waals surface area contributed by atoms with E-state index in [4.69, 9.17) is 17.0 Å². The average molecular weight is 357 g/mol. The zero-order valence-electron chi connectivity index (χ0n) is 13.1. The number of hydrogen-bond acceptors (Lipinski definition) is 3. The number of hydrogen-bond donors (Lipinski definition) is 2. The minimum Gasteiger partial charge on any atom is -0.309 e. The molecule has 0 unspecified atom stereocenters. The Morgan fingerprint density at radius 1 is 1.43 bits per heavy atom. The van der Waals surface area contributed by atoms with E-state index in [-0.39, 0.29) is 16.3 Å². The summed E-state index contributed by atoms with van der Waals surface area (Å²) in [7, 11) is -3.64. The van der Waals surface area contributed by atoms with Crippen molar-refractivity contribution in [2.24, 2.45) is 0 Å². The molecule has 1 aromatic carbocycles. The summed E-state index contributed by atoms with van der Waals surface area (Å²) in [5.74, 6) is -0.758. The normalized spacial score (nSPS) is 12.9. The van der Waals surface area contributed by atoms with Crippen molar-refractivity contribution in [3.05, 3.63) is 58.4 Å². The summed E-state index contributed by atoms with van der Waals surface area (Å²) < 4.78 is 39.4. The molecule has 4 nitrogen and oxygen atoms in total. The average Bonchev–Trinajstić information content (AvgIpc) is 2.41. The van der Waals surface area contributed by atoms with Gasteiger partial charge in [-0.1, -0.05) is 24.3 Å². The van der Waals surface area contributed by atoms with Gasteiger partial charge in [0.05, 0.1) is 11.9 Å². The minimum absolute atomic E-state index is 0.0921. The van der Waals surface area contributed by atoms with Crippen LogP contribution in [-0.2, 0) is 10.0 Å². The first-order chi connectivity index (χ1) is 10.6. The van der Waals surface area contributed by atoms with Crippen molar-refractivity contribution in [3.63, 3.8) is 0 Å². The van der Waals surface area contributed by atoms with Gasteiger partial charge in [0.15, 0.2) is 5.82 Å². The maximum atomic E-state index is 14.6. The maximum absolute atomic E-state index is 14.6. The summed E-state index contributed by atoms with van der Waals surface area (Å²) in [6, 6.07) is 2.58. The Balaban J connectivity index is 3.46. The van der Waals surface area contributed by atoms with Gasteiger partial charge in [-0.2, -0.15) is 0 Å². The van der Waals surface area contributed by atoms with Crippen molar-refractivity contribution in [1.82, 2.24) is 0 Å². The number of nitrogens with one attached hydrogen (secondary N) is 2. The molecular weight excluding hydrogens is 339 g/mol. The standard InChI is InChI=1S/C16H18ClFN2O2S/c1-5-13(10(2)6-7-19)11(3)14-8-12(17)9-15(16(14)18)20-23(4,21)22/h5-9,19-20H,3H2,1-2,4H3. The molecule has 0 amide bonds. The predicted molar refractivity (Wildman–Crippen MR) is 95.2 cm³/mol. The van der Waals surface area contributed by atoms with Gasteiger partial charge < -0.3 is 5.41 Å². The Morgan fingerprint density at radius 3 is 2.52 bits per heavy atom. The van der Waals surface area contributed by atoms with E-state index >= 15 is 0 Å². The van der Waals surface area contributed by atoms with Crippen molar-refractivity contribution in [3.8, 4) is 0 Å². The lowest BCUT2D eigenvalue weighted by atomic mass is 9.93. The molecule has 0 aromatic heterocycles.